The number of carbonyl (C=O) groups excluding carboxylic acids is 1. The van der Waals surface area contributed by atoms with Crippen molar-refractivity contribution in [3.63, 3.8) is 0 Å². The fourth-order valence-corrected chi connectivity index (χ4v) is 3.44. The average molecular weight is 319 g/mol. The quantitative estimate of drug-likeness (QED) is 0.373. The molecule has 1 aliphatic rings. The van der Waals surface area contributed by atoms with Crippen LogP contribution in [0.25, 0.3) is 0 Å². The third kappa shape index (κ3) is 2.74. The van der Waals surface area contributed by atoms with E-state index in [9.17, 15) is 13.2 Å². The number of benzene rings is 1. The van der Waals surface area contributed by atoms with E-state index in [2.05, 4.69) is 0 Å². The summed E-state index contributed by atoms with van der Waals surface area (Å²) in [6, 6.07) is 3.91. The molecule has 2 atom stereocenters. The number of nitrogen functional groups attached to an aromatic ring is 1. The second-order valence-corrected chi connectivity index (χ2v) is 5.99. The Balaban J connectivity index is 2.52. The molecule has 8 heteroatoms. The predicted molar refractivity (Wildman–Crippen MR) is 74.9 cm³/mol. The number of hydrogen-bond acceptors (Lipinski definition) is 6. The van der Waals surface area contributed by atoms with Gasteiger partial charge < -0.3 is 10.5 Å². The van der Waals surface area contributed by atoms with E-state index >= 15 is 0 Å². The molecule has 6 nitrogen and oxygen atoms in total. The first-order valence-electron chi connectivity index (χ1n) is 5.99. The van der Waals surface area contributed by atoms with Crippen LogP contribution in [0, 0.1) is 5.92 Å². The van der Waals surface area contributed by atoms with Gasteiger partial charge >= 0.3 is 5.97 Å². The third-order valence-electron chi connectivity index (χ3n) is 3.41. The fourth-order valence-electron chi connectivity index (χ4n) is 2.50. The minimum absolute atomic E-state index is 0.126. The standard InChI is InChI=1S/C12H15ClN2O4S/c1-19-12(16)8-4-5-15(13)11(8)9-6-7(14)2-3-10(9)20(17)18/h2-3,6,8,11,20H,4-5,14H2,1H3. The van der Waals surface area contributed by atoms with Gasteiger partial charge in [-0.15, -0.1) is 0 Å². The van der Waals surface area contributed by atoms with Gasteiger partial charge in [0.05, 0.1) is 24.0 Å². The van der Waals surface area contributed by atoms with Crippen LogP contribution in [-0.4, -0.2) is 32.5 Å². The van der Waals surface area contributed by atoms with Gasteiger partial charge in [0.1, 0.15) is 0 Å². The fraction of sp³-hybridized carbons (Fsp3) is 0.417. The van der Waals surface area contributed by atoms with Gasteiger partial charge in [0.25, 0.3) is 0 Å². The lowest BCUT2D eigenvalue weighted by molar-refractivity contribution is -0.146. The number of nitrogens with zero attached hydrogens (tertiary/aromatic N) is 1. The Hall–Kier alpha value is -1.31. The highest BCUT2D eigenvalue weighted by atomic mass is 35.5. The number of rotatable bonds is 3. The van der Waals surface area contributed by atoms with E-state index in [1.165, 1.54) is 23.7 Å². The van der Waals surface area contributed by atoms with Crippen molar-refractivity contribution in [3.05, 3.63) is 23.8 Å². The summed E-state index contributed by atoms with van der Waals surface area (Å²) in [5.74, 6) is -0.916. The molecular weight excluding hydrogens is 304 g/mol. The smallest absolute Gasteiger partial charge is 0.310 e. The number of hydrogen-bond donors (Lipinski definition) is 2. The van der Waals surface area contributed by atoms with Gasteiger partial charge in [0.2, 0.25) is 0 Å². The molecule has 2 rings (SSSR count). The molecule has 1 aromatic rings. The maximum absolute atomic E-state index is 11.8. The van der Waals surface area contributed by atoms with Crippen molar-refractivity contribution >= 4 is 34.1 Å². The van der Waals surface area contributed by atoms with E-state index in [0.717, 1.165) is 0 Å². The van der Waals surface area contributed by atoms with Crippen LogP contribution < -0.4 is 5.73 Å². The molecule has 1 aliphatic heterocycles. The maximum atomic E-state index is 11.8. The van der Waals surface area contributed by atoms with Crippen LogP contribution >= 0.6 is 11.8 Å². The zero-order valence-corrected chi connectivity index (χ0v) is 12.4. The zero-order chi connectivity index (χ0) is 14.9. The monoisotopic (exact) mass is 318 g/mol. The van der Waals surface area contributed by atoms with Crippen LogP contribution in [-0.2, 0) is 20.2 Å². The molecule has 0 spiro atoms. The van der Waals surface area contributed by atoms with Gasteiger partial charge in [-0.05, 0) is 42.0 Å². The predicted octanol–water partition coefficient (Wildman–Crippen LogP) is 0.929. The molecule has 1 fully saturated rings. The van der Waals surface area contributed by atoms with E-state index in [1.807, 2.05) is 0 Å². The lowest BCUT2D eigenvalue weighted by Crippen LogP contribution is -2.24. The normalized spacial score (nSPS) is 23.1. The van der Waals surface area contributed by atoms with Crippen LogP contribution in [0.2, 0.25) is 0 Å². The van der Waals surface area contributed by atoms with E-state index in [0.29, 0.717) is 24.2 Å². The highest BCUT2D eigenvalue weighted by molar-refractivity contribution is 7.72. The van der Waals surface area contributed by atoms with Gasteiger partial charge in [-0.1, -0.05) is 0 Å². The Morgan fingerprint density at radius 1 is 1.50 bits per heavy atom. The molecule has 20 heavy (non-hydrogen) atoms. The van der Waals surface area contributed by atoms with Crippen molar-refractivity contribution in [2.45, 2.75) is 17.4 Å². The average Bonchev–Trinajstić information content (AvgIpc) is 2.79. The number of thiol groups is 1. The van der Waals surface area contributed by atoms with E-state index in [-0.39, 0.29) is 4.90 Å². The van der Waals surface area contributed by atoms with Gasteiger partial charge in [-0.25, -0.2) is 12.8 Å². The summed E-state index contributed by atoms with van der Waals surface area (Å²) in [5.41, 5.74) is 6.57. The lowest BCUT2D eigenvalue weighted by Gasteiger charge is -2.23. The maximum Gasteiger partial charge on any atom is 0.310 e. The first-order valence-corrected chi connectivity index (χ1v) is 7.51. The highest BCUT2D eigenvalue weighted by Crippen LogP contribution is 2.41. The van der Waals surface area contributed by atoms with Gasteiger partial charge in [-0.3, -0.25) is 4.79 Å². The van der Waals surface area contributed by atoms with Gasteiger partial charge in [0, 0.05) is 12.2 Å². The second-order valence-electron chi connectivity index (χ2n) is 4.56. The second kappa shape index (κ2) is 5.99. The number of nitrogens with two attached hydrogens (primary N) is 1. The molecule has 0 bridgehead atoms. The molecule has 0 aliphatic carbocycles. The summed E-state index contributed by atoms with van der Waals surface area (Å²) in [7, 11) is -1.50. The van der Waals surface area contributed by atoms with Crippen molar-refractivity contribution in [2.75, 3.05) is 19.4 Å². The molecule has 1 saturated heterocycles. The molecule has 0 amide bonds. The molecule has 1 heterocycles. The number of anilines is 1. The Bertz CT molecular complexity index is 597. The van der Waals surface area contributed by atoms with Crippen molar-refractivity contribution in [2.24, 2.45) is 5.92 Å². The van der Waals surface area contributed by atoms with Crippen LogP contribution in [0.4, 0.5) is 5.69 Å². The Morgan fingerprint density at radius 3 is 2.80 bits per heavy atom. The third-order valence-corrected chi connectivity index (χ3v) is 4.59. The first-order chi connectivity index (χ1) is 9.45. The lowest BCUT2D eigenvalue weighted by atomic mass is 9.94. The molecular formula is C12H15ClN2O4S. The van der Waals surface area contributed by atoms with Gasteiger partial charge in [0.15, 0.2) is 10.7 Å². The van der Waals surface area contributed by atoms with Gasteiger partial charge in [-0.2, -0.15) is 0 Å². The van der Waals surface area contributed by atoms with Crippen LogP contribution in [0.5, 0.6) is 0 Å². The summed E-state index contributed by atoms with van der Waals surface area (Å²) in [6.45, 7) is 0.468. The van der Waals surface area contributed by atoms with Crippen LogP contribution in [0.15, 0.2) is 23.1 Å². The molecule has 110 valence electrons. The van der Waals surface area contributed by atoms with Crippen molar-refractivity contribution in [3.8, 4) is 0 Å². The highest BCUT2D eigenvalue weighted by Gasteiger charge is 2.41. The molecule has 0 radical (unpaired) electrons. The first kappa shape index (κ1) is 15.1. The van der Waals surface area contributed by atoms with E-state index in [4.69, 9.17) is 22.2 Å². The minimum Gasteiger partial charge on any atom is -0.469 e. The zero-order valence-electron chi connectivity index (χ0n) is 10.8. The topological polar surface area (TPSA) is 89.7 Å². The number of halogens is 1. The van der Waals surface area contributed by atoms with Crippen molar-refractivity contribution < 1.29 is 17.9 Å². The molecule has 2 unspecified atom stereocenters. The summed E-state index contributed by atoms with van der Waals surface area (Å²) < 4.78 is 28.9. The largest absolute Gasteiger partial charge is 0.469 e. The number of carbonyl (C=O) groups is 1. The molecule has 1 aromatic carbocycles. The van der Waals surface area contributed by atoms with Crippen LogP contribution in [0.1, 0.15) is 18.0 Å². The summed E-state index contributed by atoms with van der Waals surface area (Å²) >= 11 is 6.13. The Kier molecular flexibility index (Phi) is 4.52. The summed E-state index contributed by atoms with van der Waals surface area (Å²) in [5, 5.41) is 0. The van der Waals surface area contributed by atoms with Crippen molar-refractivity contribution in [1.29, 1.82) is 0 Å². The molecule has 0 saturated carbocycles. The van der Waals surface area contributed by atoms with E-state index < -0.39 is 28.6 Å². The number of methoxy groups -OCH3 is 1. The summed E-state index contributed by atoms with van der Waals surface area (Å²) in [6.07, 6.45) is 0.505. The van der Waals surface area contributed by atoms with E-state index in [1.54, 1.807) is 6.07 Å². The SMILES string of the molecule is COC(=O)C1CCN(Cl)C1c1cc(N)ccc1[SH](=O)=O. The number of ether oxygens (including phenoxy) is 1. The number of esters is 1. The Labute approximate surface area is 123 Å². The summed E-state index contributed by atoms with van der Waals surface area (Å²) in [4.78, 5) is 11.9. The van der Waals surface area contributed by atoms with Crippen LogP contribution in [0.3, 0.4) is 0 Å². The molecule has 2 N–H and O–H groups in total. The Morgan fingerprint density at radius 2 is 2.20 bits per heavy atom. The minimum atomic E-state index is -2.80. The van der Waals surface area contributed by atoms with Crippen molar-refractivity contribution in [1.82, 2.24) is 4.42 Å². The molecule has 0 aromatic heterocycles.